The number of methoxy groups -OCH3 is 1. The summed E-state index contributed by atoms with van der Waals surface area (Å²) in [6, 6.07) is 5.96. The van der Waals surface area contributed by atoms with Crippen LogP contribution in [0, 0.1) is 6.92 Å². The normalized spacial score (nSPS) is 9.93. The molecule has 0 aromatic heterocycles. The fourth-order valence-electron chi connectivity index (χ4n) is 1.13. The van der Waals surface area contributed by atoms with Crippen LogP contribution < -0.4 is 9.47 Å². The van der Waals surface area contributed by atoms with E-state index >= 15 is 0 Å². The van der Waals surface area contributed by atoms with Crippen molar-refractivity contribution in [1.82, 2.24) is 0 Å². The minimum absolute atomic E-state index is 0.723. The van der Waals surface area contributed by atoms with Crippen LogP contribution in [0.15, 0.2) is 18.2 Å². The van der Waals surface area contributed by atoms with Crippen molar-refractivity contribution in [1.29, 1.82) is 0 Å². The molecular formula is C11H16O2S. The molecule has 0 unspecified atom stereocenters. The highest BCUT2D eigenvalue weighted by molar-refractivity contribution is 7.98. The molecule has 14 heavy (non-hydrogen) atoms. The van der Waals surface area contributed by atoms with Crippen LogP contribution in [0.2, 0.25) is 0 Å². The van der Waals surface area contributed by atoms with E-state index < -0.39 is 0 Å². The number of aryl methyl sites for hydroxylation is 1. The second-order valence-electron chi connectivity index (χ2n) is 3.00. The molecule has 0 aliphatic heterocycles. The van der Waals surface area contributed by atoms with Gasteiger partial charge in [-0.1, -0.05) is 6.07 Å². The Morgan fingerprint density at radius 2 is 2.07 bits per heavy atom. The van der Waals surface area contributed by atoms with Gasteiger partial charge < -0.3 is 9.47 Å². The van der Waals surface area contributed by atoms with Crippen molar-refractivity contribution >= 4 is 11.8 Å². The molecule has 0 bridgehead atoms. The average Bonchev–Trinajstić information content (AvgIpc) is 2.20. The highest BCUT2D eigenvalue weighted by Crippen LogP contribution is 2.27. The first-order valence-electron chi connectivity index (χ1n) is 4.54. The number of thioether (sulfide) groups is 1. The van der Waals surface area contributed by atoms with Crippen LogP contribution in [-0.4, -0.2) is 25.7 Å². The summed E-state index contributed by atoms with van der Waals surface area (Å²) < 4.78 is 10.8. The third kappa shape index (κ3) is 3.14. The van der Waals surface area contributed by atoms with Gasteiger partial charge in [0.1, 0.15) is 0 Å². The second kappa shape index (κ2) is 5.81. The van der Waals surface area contributed by atoms with Crippen LogP contribution in [-0.2, 0) is 0 Å². The van der Waals surface area contributed by atoms with Crippen molar-refractivity contribution in [3.05, 3.63) is 23.8 Å². The molecule has 1 aromatic rings. The Bertz CT molecular complexity index is 287. The quantitative estimate of drug-likeness (QED) is 0.699. The lowest BCUT2D eigenvalue weighted by Crippen LogP contribution is -2.01. The third-order valence-corrected chi connectivity index (χ3v) is 2.44. The Morgan fingerprint density at radius 3 is 2.71 bits per heavy atom. The van der Waals surface area contributed by atoms with Crippen molar-refractivity contribution in [2.24, 2.45) is 0 Å². The van der Waals surface area contributed by atoms with Gasteiger partial charge in [-0.15, -0.1) is 0 Å². The minimum atomic E-state index is 0.723. The molecule has 1 rings (SSSR count). The molecule has 0 atom stereocenters. The van der Waals surface area contributed by atoms with E-state index in [0.29, 0.717) is 0 Å². The highest BCUT2D eigenvalue weighted by Gasteiger charge is 2.03. The Balaban J connectivity index is 2.65. The molecule has 0 aliphatic carbocycles. The van der Waals surface area contributed by atoms with Gasteiger partial charge in [0.15, 0.2) is 11.5 Å². The molecule has 0 N–H and O–H groups in total. The lowest BCUT2D eigenvalue weighted by atomic mass is 10.2. The van der Waals surface area contributed by atoms with E-state index in [4.69, 9.17) is 9.47 Å². The Labute approximate surface area is 89.6 Å². The van der Waals surface area contributed by atoms with Gasteiger partial charge in [0, 0.05) is 5.75 Å². The fourth-order valence-corrected chi connectivity index (χ4v) is 1.38. The zero-order valence-corrected chi connectivity index (χ0v) is 9.69. The number of ether oxygens (including phenoxy) is 2. The summed E-state index contributed by atoms with van der Waals surface area (Å²) in [5, 5.41) is 0. The van der Waals surface area contributed by atoms with E-state index in [1.807, 2.05) is 25.1 Å². The van der Waals surface area contributed by atoms with E-state index in [2.05, 4.69) is 6.26 Å². The number of hydrogen-bond acceptors (Lipinski definition) is 3. The van der Waals surface area contributed by atoms with Gasteiger partial charge >= 0.3 is 0 Å². The second-order valence-corrected chi connectivity index (χ2v) is 3.98. The predicted octanol–water partition coefficient (Wildman–Crippen LogP) is 2.75. The van der Waals surface area contributed by atoms with Crippen LogP contribution in [0.25, 0.3) is 0 Å². The van der Waals surface area contributed by atoms with Crippen LogP contribution in [0.4, 0.5) is 0 Å². The van der Waals surface area contributed by atoms with E-state index in [1.54, 1.807) is 18.9 Å². The number of rotatable bonds is 5. The van der Waals surface area contributed by atoms with Crippen molar-refractivity contribution in [3.8, 4) is 11.5 Å². The van der Waals surface area contributed by atoms with Crippen LogP contribution >= 0.6 is 11.8 Å². The molecule has 3 heteroatoms. The largest absolute Gasteiger partial charge is 0.493 e. The molecule has 0 heterocycles. The van der Waals surface area contributed by atoms with Crippen molar-refractivity contribution in [2.45, 2.75) is 6.92 Å². The summed E-state index contributed by atoms with van der Waals surface area (Å²) in [6.07, 6.45) is 2.07. The van der Waals surface area contributed by atoms with E-state index in [1.165, 1.54) is 5.56 Å². The average molecular weight is 212 g/mol. The molecule has 78 valence electrons. The summed E-state index contributed by atoms with van der Waals surface area (Å²) in [5.41, 5.74) is 1.18. The van der Waals surface area contributed by atoms with Crippen molar-refractivity contribution in [3.63, 3.8) is 0 Å². The molecule has 0 saturated carbocycles. The zero-order valence-electron chi connectivity index (χ0n) is 8.87. The van der Waals surface area contributed by atoms with E-state index in [-0.39, 0.29) is 0 Å². The van der Waals surface area contributed by atoms with E-state index in [0.717, 1.165) is 23.9 Å². The fraction of sp³-hybridized carbons (Fsp3) is 0.455. The predicted molar refractivity (Wildman–Crippen MR) is 61.6 cm³/mol. The smallest absolute Gasteiger partial charge is 0.161 e. The third-order valence-electron chi connectivity index (χ3n) is 1.86. The number of hydrogen-bond donors (Lipinski definition) is 0. The zero-order chi connectivity index (χ0) is 10.4. The summed E-state index contributed by atoms with van der Waals surface area (Å²) in [5.74, 6) is 2.63. The maximum atomic E-state index is 5.58. The monoisotopic (exact) mass is 212 g/mol. The van der Waals surface area contributed by atoms with Gasteiger partial charge in [0.25, 0.3) is 0 Å². The Morgan fingerprint density at radius 1 is 1.29 bits per heavy atom. The molecular weight excluding hydrogens is 196 g/mol. The Kier molecular flexibility index (Phi) is 4.66. The molecule has 0 fully saturated rings. The Hall–Kier alpha value is -0.830. The highest BCUT2D eigenvalue weighted by atomic mass is 32.2. The lowest BCUT2D eigenvalue weighted by molar-refractivity contribution is 0.313. The molecule has 0 saturated heterocycles. The van der Waals surface area contributed by atoms with Gasteiger partial charge in [-0.05, 0) is 30.9 Å². The maximum Gasteiger partial charge on any atom is 0.161 e. The maximum absolute atomic E-state index is 5.58. The van der Waals surface area contributed by atoms with E-state index in [9.17, 15) is 0 Å². The molecule has 1 aromatic carbocycles. The molecule has 0 radical (unpaired) electrons. The van der Waals surface area contributed by atoms with Gasteiger partial charge in [-0.2, -0.15) is 11.8 Å². The summed E-state index contributed by atoms with van der Waals surface area (Å²) in [7, 11) is 1.66. The molecule has 2 nitrogen and oxygen atoms in total. The molecule has 0 aliphatic rings. The summed E-state index contributed by atoms with van der Waals surface area (Å²) >= 11 is 1.77. The van der Waals surface area contributed by atoms with Gasteiger partial charge in [0.2, 0.25) is 0 Å². The first kappa shape index (κ1) is 11.2. The van der Waals surface area contributed by atoms with Gasteiger partial charge in [-0.3, -0.25) is 0 Å². The first-order chi connectivity index (χ1) is 6.77. The van der Waals surface area contributed by atoms with Crippen LogP contribution in [0.5, 0.6) is 11.5 Å². The number of benzene rings is 1. The first-order valence-corrected chi connectivity index (χ1v) is 5.93. The van der Waals surface area contributed by atoms with Crippen molar-refractivity contribution < 1.29 is 9.47 Å². The van der Waals surface area contributed by atoms with Crippen LogP contribution in [0.3, 0.4) is 0 Å². The molecule has 0 spiro atoms. The SMILES string of the molecule is COc1cc(C)ccc1OCCSC. The van der Waals surface area contributed by atoms with Gasteiger partial charge in [0.05, 0.1) is 13.7 Å². The summed E-state index contributed by atoms with van der Waals surface area (Å²) in [4.78, 5) is 0. The van der Waals surface area contributed by atoms with Crippen LogP contribution in [0.1, 0.15) is 5.56 Å². The standard InChI is InChI=1S/C11H16O2S/c1-9-4-5-10(11(8-9)12-2)13-6-7-14-3/h4-5,8H,6-7H2,1-3H3. The summed E-state index contributed by atoms with van der Waals surface area (Å²) in [6.45, 7) is 2.76. The minimum Gasteiger partial charge on any atom is -0.493 e. The lowest BCUT2D eigenvalue weighted by Gasteiger charge is -2.10. The van der Waals surface area contributed by atoms with Crippen molar-refractivity contribution in [2.75, 3.05) is 25.7 Å². The topological polar surface area (TPSA) is 18.5 Å². The van der Waals surface area contributed by atoms with Gasteiger partial charge in [-0.25, -0.2) is 0 Å². The molecule has 0 amide bonds.